The summed E-state index contributed by atoms with van der Waals surface area (Å²) in [6, 6.07) is 0. The first-order chi connectivity index (χ1) is 9.93. The Bertz CT molecular complexity index is 385. The Balaban J connectivity index is 1.97. The van der Waals surface area contributed by atoms with Crippen molar-refractivity contribution in [1.29, 1.82) is 0 Å². The number of carbonyl (C=O) groups excluding carboxylic acids is 1. The Morgan fingerprint density at radius 1 is 1.14 bits per heavy atom. The minimum absolute atomic E-state index is 0.0977. The number of rotatable bonds is 4. The first kappa shape index (κ1) is 16.3. The molecule has 3 unspecified atom stereocenters. The summed E-state index contributed by atoms with van der Waals surface area (Å²) in [6.45, 7) is 8.18. The minimum Gasteiger partial charge on any atom is -0.481 e. The average Bonchev–Trinajstić information content (AvgIpc) is 2.91. The van der Waals surface area contributed by atoms with Crippen molar-refractivity contribution < 1.29 is 14.7 Å². The summed E-state index contributed by atoms with van der Waals surface area (Å²) >= 11 is 0. The molecule has 0 aromatic heterocycles. The van der Waals surface area contributed by atoms with Crippen LogP contribution in [0, 0.1) is 29.6 Å². The summed E-state index contributed by atoms with van der Waals surface area (Å²) in [6.07, 6.45) is 4.53. The van der Waals surface area contributed by atoms with E-state index >= 15 is 0 Å². The zero-order valence-electron chi connectivity index (χ0n) is 13.5. The lowest BCUT2D eigenvalue weighted by Crippen LogP contribution is -2.44. The molecule has 4 nitrogen and oxygen atoms in total. The third kappa shape index (κ3) is 3.58. The van der Waals surface area contributed by atoms with E-state index in [4.69, 9.17) is 0 Å². The normalized spacial score (nSPS) is 30.9. The summed E-state index contributed by atoms with van der Waals surface area (Å²) in [4.78, 5) is 26.1. The van der Waals surface area contributed by atoms with Crippen LogP contribution in [0.3, 0.4) is 0 Å². The average molecular weight is 295 g/mol. The molecule has 1 N–H and O–H groups in total. The van der Waals surface area contributed by atoms with Crippen LogP contribution < -0.4 is 0 Å². The second-order valence-corrected chi connectivity index (χ2v) is 7.20. The SMILES string of the molecule is CCC1CC(C(=O)O)C(C(=O)N2CCC(C(C)C)CC2)C1. The molecule has 2 fully saturated rings. The molecule has 2 aliphatic rings. The number of amides is 1. The molecular formula is C17H29NO3. The van der Waals surface area contributed by atoms with Crippen molar-refractivity contribution >= 4 is 11.9 Å². The predicted octanol–water partition coefficient (Wildman–Crippen LogP) is 3.02. The Labute approximate surface area is 127 Å². The number of likely N-dealkylation sites (tertiary alicyclic amines) is 1. The van der Waals surface area contributed by atoms with Crippen molar-refractivity contribution in [2.75, 3.05) is 13.1 Å². The molecule has 0 aromatic rings. The molecule has 1 aliphatic carbocycles. The number of carbonyl (C=O) groups is 2. The van der Waals surface area contributed by atoms with Crippen LogP contribution in [-0.2, 0) is 9.59 Å². The van der Waals surface area contributed by atoms with Gasteiger partial charge in [0.15, 0.2) is 0 Å². The highest BCUT2D eigenvalue weighted by Gasteiger charge is 2.44. The van der Waals surface area contributed by atoms with Gasteiger partial charge in [-0.1, -0.05) is 27.2 Å². The molecule has 1 saturated heterocycles. The second-order valence-electron chi connectivity index (χ2n) is 7.20. The number of nitrogens with zero attached hydrogens (tertiary/aromatic N) is 1. The van der Waals surface area contributed by atoms with E-state index in [0.717, 1.165) is 38.8 Å². The number of piperidine rings is 1. The van der Waals surface area contributed by atoms with E-state index < -0.39 is 11.9 Å². The Hall–Kier alpha value is -1.06. The lowest BCUT2D eigenvalue weighted by atomic mass is 9.85. The van der Waals surface area contributed by atoms with Crippen molar-refractivity contribution in [2.24, 2.45) is 29.6 Å². The van der Waals surface area contributed by atoms with Crippen LogP contribution in [0.4, 0.5) is 0 Å². The van der Waals surface area contributed by atoms with Gasteiger partial charge in [0.25, 0.3) is 0 Å². The van der Waals surface area contributed by atoms with E-state index in [-0.39, 0.29) is 11.8 Å². The largest absolute Gasteiger partial charge is 0.481 e. The zero-order chi connectivity index (χ0) is 15.6. The zero-order valence-corrected chi connectivity index (χ0v) is 13.5. The highest BCUT2D eigenvalue weighted by molar-refractivity contribution is 5.85. The number of hydrogen-bond donors (Lipinski definition) is 1. The van der Waals surface area contributed by atoms with Crippen LogP contribution in [0.15, 0.2) is 0 Å². The van der Waals surface area contributed by atoms with Crippen LogP contribution in [0.2, 0.25) is 0 Å². The molecule has 1 heterocycles. The van der Waals surface area contributed by atoms with Crippen LogP contribution >= 0.6 is 0 Å². The molecule has 1 aliphatic heterocycles. The fraction of sp³-hybridized carbons (Fsp3) is 0.882. The molecule has 0 aromatic carbocycles. The first-order valence-corrected chi connectivity index (χ1v) is 8.45. The third-order valence-electron chi connectivity index (χ3n) is 5.67. The van der Waals surface area contributed by atoms with E-state index in [0.29, 0.717) is 24.2 Å². The van der Waals surface area contributed by atoms with Gasteiger partial charge in [0.2, 0.25) is 5.91 Å². The lowest BCUT2D eigenvalue weighted by molar-refractivity contribution is -0.149. The molecule has 1 amide bonds. The van der Waals surface area contributed by atoms with Gasteiger partial charge in [-0.15, -0.1) is 0 Å². The van der Waals surface area contributed by atoms with Gasteiger partial charge in [0.1, 0.15) is 0 Å². The third-order valence-corrected chi connectivity index (χ3v) is 5.67. The van der Waals surface area contributed by atoms with Crippen LogP contribution in [0.25, 0.3) is 0 Å². The van der Waals surface area contributed by atoms with Gasteiger partial charge in [0, 0.05) is 13.1 Å². The molecule has 120 valence electrons. The van der Waals surface area contributed by atoms with E-state index in [1.165, 1.54) is 0 Å². The maximum absolute atomic E-state index is 12.7. The van der Waals surface area contributed by atoms with Crippen molar-refractivity contribution in [1.82, 2.24) is 4.90 Å². The summed E-state index contributed by atoms with van der Waals surface area (Å²) < 4.78 is 0. The number of hydrogen-bond acceptors (Lipinski definition) is 2. The van der Waals surface area contributed by atoms with Crippen LogP contribution in [-0.4, -0.2) is 35.0 Å². The fourth-order valence-corrected chi connectivity index (χ4v) is 4.04. The molecule has 21 heavy (non-hydrogen) atoms. The molecule has 3 atom stereocenters. The molecule has 0 spiro atoms. The smallest absolute Gasteiger partial charge is 0.307 e. The van der Waals surface area contributed by atoms with Crippen molar-refractivity contribution in [3.8, 4) is 0 Å². The van der Waals surface area contributed by atoms with E-state index in [2.05, 4.69) is 20.8 Å². The van der Waals surface area contributed by atoms with Gasteiger partial charge >= 0.3 is 5.97 Å². The molecule has 0 radical (unpaired) electrons. The van der Waals surface area contributed by atoms with E-state index in [1.54, 1.807) is 0 Å². The van der Waals surface area contributed by atoms with Crippen molar-refractivity contribution in [3.63, 3.8) is 0 Å². The number of aliphatic carboxylic acids is 1. The summed E-state index contributed by atoms with van der Waals surface area (Å²) in [5, 5.41) is 9.39. The molecule has 1 saturated carbocycles. The lowest BCUT2D eigenvalue weighted by Gasteiger charge is -2.35. The Morgan fingerprint density at radius 3 is 2.19 bits per heavy atom. The van der Waals surface area contributed by atoms with Gasteiger partial charge < -0.3 is 10.0 Å². The predicted molar refractivity (Wildman–Crippen MR) is 81.8 cm³/mol. The monoisotopic (exact) mass is 295 g/mol. The first-order valence-electron chi connectivity index (χ1n) is 8.45. The van der Waals surface area contributed by atoms with E-state index in [9.17, 15) is 14.7 Å². The van der Waals surface area contributed by atoms with Crippen LogP contribution in [0.5, 0.6) is 0 Å². The van der Waals surface area contributed by atoms with Crippen molar-refractivity contribution in [2.45, 2.75) is 52.9 Å². The van der Waals surface area contributed by atoms with Gasteiger partial charge in [-0.25, -0.2) is 0 Å². The summed E-state index contributed by atoms with van der Waals surface area (Å²) in [7, 11) is 0. The maximum atomic E-state index is 12.7. The minimum atomic E-state index is -0.790. The van der Waals surface area contributed by atoms with Crippen molar-refractivity contribution in [3.05, 3.63) is 0 Å². The summed E-state index contributed by atoms with van der Waals surface area (Å²) in [5.41, 5.74) is 0. The topological polar surface area (TPSA) is 57.6 Å². The molecule has 2 rings (SSSR count). The quantitative estimate of drug-likeness (QED) is 0.867. The molecular weight excluding hydrogens is 266 g/mol. The highest BCUT2D eigenvalue weighted by Crippen LogP contribution is 2.40. The Kier molecular flexibility index (Phi) is 5.28. The standard InChI is InChI=1S/C17H29NO3/c1-4-12-9-14(15(10-12)17(20)21)16(19)18-7-5-13(6-8-18)11(2)3/h11-15H,4-10H2,1-3H3,(H,20,21). The highest BCUT2D eigenvalue weighted by atomic mass is 16.4. The van der Waals surface area contributed by atoms with Gasteiger partial charge in [-0.2, -0.15) is 0 Å². The molecule has 0 bridgehead atoms. The fourth-order valence-electron chi connectivity index (χ4n) is 4.04. The number of carboxylic acid groups (broad SMARTS) is 1. The van der Waals surface area contributed by atoms with E-state index in [1.807, 2.05) is 4.90 Å². The van der Waals surface area contributed by atoms with Crippen LogP contribution in [0.1, 0.15) is 52.9 Å². The summed E-state index contributed by atoms with van der Waals surface area (Å²) in [5.74, 6) is 0.324. The van der Waals surface area contributed by atoms with Gasteiger partial charge in [0.05, 0.1) is 11.8 Å². The second kappa shape index (κ2) is 6.80. The maximum Gasteiger partial charge on any atom is 0.307 e. The number of carboxylic acids is 1. The van der Waals surface area contributed by atoms with Gasteiger partial charge in [-0.05, 0) is 43.4 Å². The Morgan fingerprint density at radius 2 is 1.71 bits per heavy atom. The van der Waals surface area contributed by atoms with Gasteiger partial charge in [-0.3, -0.25) is 9.59 Å². The molecule has 4 heteroatoms.